The van der Waals surface area contributed by atoms with E-state index in [0.29, 0.717) is 17.6 Å². The average molecular weight is 296 g/mol. The first-order chi connectivity index (χ1) is 9.47. The number of carboxylic acid groups (broad SMARTS) is 1. The van der Waals surface area contributed by atoms with Crippen LogP contribution in [0.25, 0.3) is 0 Å². The smallest absolute Gasteiger partial charge is 0.313 e. The predicted molar refractivity (Wildman–Crippen MR) is 72.8 cm³/mol. The van der Waals surface area contributed by atoms with Gasteiger partial charge in [-0.25, -0.2) is 4.98 Å². The number of nitrogens with zero attached hydrogens (tertiary/aromatic N) is 4. The Morgan fingerprint density at radius 3 is 2.80 bits per heavy atom. The summed E-state index contributed by atoms with van der Waals surface area (Å²) in [6, 6.07) is 0. The van der Waals surface area contributed by atoms with Gasteiger partial charge in [0, 0.05) is 5.92 Å². The van der Waals surface area contributed by atoms with Crippen LogP contribution in [-0.4, -0.2) is 36.6 Å². The first-order valence-electron chi connectivity index (χ1n) is 6.16. The number of aliphatic carboxylic acids is 1. The molecular formula is C12H16N4O3S. The molecule has 0 saturated carbocycles. The van der Waals surface area contributed by atoms with E-state index in [4.69, 9.17) is 9.52 Å². The van der Waals surface area contributed by atoms with Gasteiger partial charge in [-0.05, 0) is 6.92 Å². The molecule has 2 rings (SSSR count). The average Bonchev–Trinajstić information content (AvgIpc) is 2.94. The second kappa shape index (κ2) is 6.08. The van der Waals surface area contributed by atoms with Gasteiger partial charge in [-0.15, -0.1) is 10.2 Å². The summed E-state index contributed by atoms with van der Waals surface area (Å²) in [6.45, 7) is 6.24. The minimum atomic E-state index is -0.886. The van der Waals surface area contributed by atoms with Crippen LogP contribution in [-0.2, 0) is 11.3 Å². The molecule has 7 nitrogen and oxygen atoms in total. The van der Waals surface area contributed by atoms with Crippen LogP contribution in [0.15, 0.2) is 15.8 Å². The summed E-state index contributed by atoms with van der Waals surface area (Å²) in [4.78, 5) is 14.8. The third kappa shape index (κ3) is 3.38. The van der Waals surface area contributed by atoms with Crippen LogP contribution in [0.5, 0.6) is 0 Å². The van der Waals surface area contributed by atoms with Crippen LogP contribution in [0.3, 0.4) is 0 Å². The number of carboxylic acids is 1. The third-order valence-corrected chi connectivity index (χ3v) is 3.50. The second-order valence-corrected chi connectivity index (χ2v) is 5.57. The fourth-order valence-electron chi connectivity index (χ4n) is 1.72. The van der Waals surface area contributed by atoms with E-state index < -0.39 is 5.97 Å². The van der Waals surface area contributed by atoms with E-state index in [1.807, 2.05) is 25.3 Å². The second-order valence-electron chi connectivity index (χ2n) is 4.63. The zero-order valence-corrected chi connectivity index (χ0v) is 12.3. The molecule has 2 aromatic heterocycles. The van der Waals surface area contributed by atoms with Gasteiger partial charge >= 0.3 is 5.97 Å². The van der Waals surface area contributed by atoms with Crippen LogP contribution >= 0.6 is 11.8 Å². The lowest BCUT2D eigenvalue weighted by atomic mass is 10.2. The highest BCUT2D eigenvalue weighted by molar-refractivity contribution is 7.99. The Morgan fingerprint density at radius 2 is 2.25 bits per heavy atom. The normalized spacial score (nSPS) is 11.2. The maximum absolute atomic E-state index is 10.7. The molecule has 0 aliphatic carbocycles. The first-order valence-corrected chi connectivity index (χ1v) is 7.15. The Labute approximate surface area is 120 Å². The van der Waals surface area contributed by atoms with Gasteiger partial charge in [-0.3, -0.25) is 9.36 Å². The molecular weight excluding hydrogens is 280 g/mol. The predicted octanol–water partition coefficient (Wildman–Crippen LogP) is 1.92. The van der Waals surface area contributed by atoms with Crippen molar-refractivity contribution in [2.24, 2.45) is 0 Å². The van der Waals surface area contributed by atoms with Crippen LogP contribution in [0.2, 0.25) is 0 Å². The largest absolute Gasteiger partial charge is 0.481 e. The van der Waals surface area contributed by atoms with Gasteiger partial charge in [0.15, 0.2) is 5.16 Å². The molecule has 20 heavy (non-hydrogen) atoms. The summed E-state index contributed by atoms with van der Waals surface area (Å²) < 4.78 is 7.31. The SMILES string of the molecule is Cc1cnc(Cn2c(SCC(=O)O)nnc2C(C)C)o1. The van der Waals surface area contributed by atoms with Gasteiger partial charge in [0.05, 0.1) is 11.9 Å². The van der Waals surface area contributed by atoms with E-state index in [2.05, 4.69) is 15.2 Å². The molecule has 2 heterocycles. The zero-order chi connectivity index (χ0) is 14.7. The number of aromatic nitrogens is 4. The molecule has 0 aromatic carbocycles. The van der Waals surface area contributed by atoms with Crippen molar-refractivity contribution in [2.45, 2.75) is 38.4 Å². The Hall–Kier alpha value is -1.83. The van der Waals surface area contributed by atoms with Crippen LogP contribution < -0.4 is 0 Å². The van der Waals surface area contributed by atoms with E-state index in [0.717, 1.165) is 23.3 Å². The maximum Gasteiger partial charge on any atom is 0.313 e. The molecule has 0 fully saturated rings. The molecule has 0 unspecified atom stereocenters. The summed E-state index contributed by atoms with van der Waals surface area (Å²) in [7, 11) is 0. The molecule has 0 atom stereocenters. The molecule has 108 valence electrons. The molecule has 0 radical (unpaired) electrons. The first kappa shape index (κ1) is 14.6. The lowest BCUT2D eigenvalue weighted by Crippen LogP contribution is -2.09. The molecule has 0 amide bonds. The van der Waals surface area contributed by atoms with Gasteiger partial charge in [0.25, 0.3) is 0 Å². The topological polar surface area (TPSA) is 94.0 Å². The van der Waals surface area contributed by atoms with Crippen LogP contribution in [0.1, 0.15) is 37.2 Å². The molecule has 0 bridgehead atoms. The molecule has 0 spiro atoms. The minimum absolute atomic E-state index is 0.0547. The van der Waals surface area contributed by atoms with Gasteiger partial charge in [0.2, 0.25) is 5.89 Å². The summed E-state index contributed by atoms with van der Waals surface area (Å²) in [5, 5.41) is 17.5. The number of carbonyl (C=O) groups is 1. The number of hydrogen-bond donors (Lipinski definition) is 1. The number of hydrogen-bond acceptors (Lipinski definition) is 6. The monoisotopic (exact) mass is 296 g/mol. The van der Waals surface area contributed by atoms with E-state index in [9.17, 15) is 4.79 Å². The zero-order valence-electron chi connectivity index (χ0n) is 11.5. The standard InChI is InChI=1S/C12H16N4O3S/c1-7(2)11-14-15-12(20-6-10(17)18)16(11)5-9-13-4-8(3)19-9/h4,7H,5-6H2,1-3H3,(H,17,18). The Bertz CT molecular complexity index is 606. The summed E-state index contributed by atoms with van der Waals surface area (Å²) >= 11 is 1.14. The van der Waals surface area contributed by atoms with Crippen LogP contribution in [0.4, 0.5) is 0 Å². The lowest BCUT2D eigenvalue weighted by molar-refractivity contribution is -0.133. The quantitative estimate of drug-likeness (QED) is 0.814. The Kier molecular flexibility index (Phi) is 4.43. The van der Waals surface area contributed by atoms with Crippen molar-refractivity contribution in [3.63, 3.8) is 0 Å². The van der Waals surface area contributed by atoms with Crippen molar-refractivity contribution in [3.05, 3.63) is 23.7 Å². The van der Waals surface area contributed by atoms with Gasteiger partial charge in [-0.1, -0.05) is 25.6 Å². The summed E-state index contributed by atoms with van der Waals surface area (Å²) in [5.74, 6) is 1.32. The highest BCUT2D eigenvalue weighted by Gasteiger charge is 2.18. The van der Waals surface area contributed by atoms with E-state index in [1.54, 1.807) is 6.20 Å². The third-order valence-electron chi connectivity index (χ3n) is 2.55. The highest BCUT2D eigenvalue weighted by Crippen LogP contribution is 2.22. The van der Waals surface area contributed by atoms with Crippen molar-refractivity contribution in [2.75, 3.05) is 5.75 Å². The van der Waals surface area contributed by atoms with E-state index >= 15 is 0 Å². The number of oxazole rings is 1. The van der Waals surface area contributed by atoms with E-state index in [1.165, 1.54) is 0 Å². The van der Waals surface area contributed by atoms with E-state index in [-0.39, 0.29) is 11.7 Å². The highest BCUT2D eigenvalue weighted by atomic mass is 32.2. The Balaban J connectivity index is 2.26. The molecule has 0 saturated heterocycles. The van der Waals surface area contributed by atoms with Crippen LogP contribution in [0, 0.1) is 6.92 Å². The molecule has 0 aliphatic heterocycles. The number of thioether (sulfide) groups is 1. The van der Waals surface area contributed by atoms with Gasteiger partial charge < -0.3 is 9.52 Å². The summed E-state index contributed by atoms with van der Waals surface area (Å²) in [6.07, 6.45) is 1.65. The number of aryl methyl sites for hydroxylation is 1. The van der Waals surface area contributed by atoms with Crippen molar-refractivity contribution in [1.82, 2.24) is 19.7 Å². The molecule has 2 aromatic rings. The van der Waals surface area contributed by atoms with Crippen molar-refractivity contribution in [1.29, 1.82) is 0 Å². The molecule has 8 heteroatoms. The fraction of sp³-hybridized carbons (Fsp3) is 0.500. The van der Waals surface area contributed by atoms with Crippen molar-refractivity contribution in [3.8, 4) is 0 Å². The maximum atomic E-state index is 10.7. The Morgan fingerprint density at radius 1 is 1.50 bits per heavy atom. The minimum Gasteiger partial charge on any atom is -0.481 e. The fourth-order valence-corrected chi connectivity index (χ4v) is 2.38. The molecule has 1 N–H and O–H groups in total. The van der Waals surface area contributed by atoms with Gasteiger partial charge in [0.1, 0.15) is 18.1 Å². The van der Waals surface area contributed by atoms with Crippen molar-refractivity contribution < 1.29 is 14.3 Å². The molecule has 0 aliphatic rings. The number of rotatable bonds is 6. The summed E-state index contributed by atoms with van der Waals surface area (Å²) in [5.41, 5.74) is 0. The lowest BCUT2D eigenvalue weighted by Gasteiger charge is -2.09. The van der Waals surface area contributed by atoms with Gasteiger partial charge in [-0.2, -0.15) is 0 Å². The van der Waals surface area contributed by atoms with Crippen molar-refractivity contribution >= 4 is 17.7 Å².